The molecular formula is C17H25N3O3. The zero-order valence-corrected chi connectivity index (χ0v) is 14.0. The number of hydrogen-bond donors (Lipinski definition) is 1. The van der Waals surface area contributed by atoms with E-state index in [4.69, 9.17) is 4.74 Å². The fourth-order valence-electron chi connectivity index (χ4n) is 2.53. The molecule has 0 atom stereocenters. The summed E-state index contributed by atoms with van der Waals surface area (Å²) in [7, 11) is 0. The van der Waals surface area contributed by atoms with Gasteiger partial charge in [0.15, 0.2) is 0 Å². The predicted octanol–water partition coefficient (Wildman–Crippen LogP) is 2.46. The Morgan fingerprint density at radius 3 is 2.57 bits per heavy atom. The third kappa shape index (κ3) is 5.54. The van der Waals surface area contributed by atoms with E-state index >= 15 is 0 Å². The number of likely N-dealkylation sites (tertiary alicyclic amines) is 1. The number of rotatable bonds is 3. The second kappa shape index (κ2) is 7.44. The maximum absolute atomic E-state index is 12.3. The standard InChI is InChI=1S/C17H25N3O3/c1-17(2,3)23-16(22)19-12-13-7-10-20(11-8-13)15(21)14-6-4-5-9-18-14/h4-6,9,13H,7-8,10-12H2,1-3H3,(H,19,22). The van der Waals surface area contributed by atoms with E-state index in [-0.39, 0.29) is 12.0 Å². The molecule has 1 aliphatic heterocycles. The average Bonchev–Trinajstić information content (AvgIpc) is 2.52. The molecule has 0 unspecified atom stereocenters. The van der Waals surface area contributed by atoms with E-state index in [1.54, 1.807) is 18.3 Å². The summed E-state index contributed by atoms with van der Waals surface area (Å²) in [5.41, 5.74) is 0.000521. The zero-order valence-electron chi connectivity index (χ0n) is 14.0. The van der Waals surface area contributed by atoms with Crippen molar-refractivity contribution in [3.63, 3.8) is 0 Å². The minimum absolute atomic E-state index is 0.0239. The molecule has 0 radical (unpaired) electrons. The molecule has 6 nitrogen and oxygen atoms in total. The molecule has 1 aromatic rings. The van der Waals surface area contributed by atoms with Crippen LogP contribution in [0.5, 0.6) is 0 Å². The van der Waals surface area contributed by atoms with Crippen LogP contribution in [0.1, 0.15) is 44.1 Å². The lowest BCUT2D eigenvalue weighted by Gasteiger charge is -2.32. The van der Waals surface area contributed by atoms with Crippen molar-refractivity contribution < 1.29 is 14.3 Å². The summed E-state index contributed by atoms with van der Waals surface area (Å²) < 4.78 is 5.22. The first-order valence-electron chi connectivity index (χ1n) is 8.02. The highest BCUT2D eigenvalue weighted by molar-refractivity contribution is 5.92. The molecule has 0 aromatic carbocycles. The highest BCUT2D eigenvalue weighted by Crippen LogP contribution is 2.18. The van der Waals surface area contributed by atoms with Gasteiger partial charge in [-0.2, -0.15) is 0 Å². The molecule has 0 aliphatic carbocycles. The summed E-state index contributed by atoms with van der Waals surface area (Å²) in [4.78, 5) is 29.9. The first kappa shape index (κ1) is 17.2. The van der Waals surface area contributed by atoms with Gasteiger partial charge in [-0.15, -0.1) is 0 Å². The Hall–Kier alpha value is -2.11. The number of nitrogens with one attached hydrogen (secondary N) is 1. The van der Waals surface area contributed by atoms with Crippen LogP contribution in [0.15, 0.2) is 24.4 Å². The molecule has 0 saturated carbocycles. The summed E-state index contributed by atoms with van der Waals surface area (Å²) in [6.45, 7) is 7.49. The van der Waals surface area contributed by atoms with Crippen LogP contribution >= 0.6 is 0 Å². The fourth-order valence-corrected chi connectivity index (χ4v) is 2.53. The van der Waals surface area contributed by atoms with E-state index in [2.05, 4.69) is 10.3 Å². The van der Waals surface area contributed by atoms with Gasteiger partial charge in [0.25, 0.3) is 5.91 Å². The third-order valence-electron chi connectivity index (χ3n) is 3.72. The molecule has 6 heteroatoms. The first-order valence-corrected chi connectivity index (χ1v) is 8.02. The minimum atomic E-state index is -0.484. The molecule has 0 bridgehead atoms. The molecule has 1 saturated heterocycles. The van der Waals surface area contributed by atoms with E-state index in [0.29, 0.717) is 31.2 Å². The van der Waals surface area contributed by atoms with Gasteiger partial charge in [0, 0.05) is 25.8 Å². The minimum Gasteiger partial charge on any atom is -0.444 e. The van der Waals surface area contributed by atoms with Crippen LogP contribution in [0.3, 0.4) is 0 Å². The normalized spacial score (nSPS) is 16.0. The SMILES string of the molecule is CC(C)(C)OC(=O)NCC1CCN(C(=O)c2ccccn2)CC1. The van der Waals surface area contributed by atoms with Crippen LogP contribution in [0.25, 0.3) is 0 Å². The lowest BCUT2D eigenvalue weighted by atomic mass is 9.96. The zero-order chi connectivity index (χ0) is 16.9. The van der Waals surface area contributed by atoms with Crippen LogP contribution < -0.4 is 5.32 Å². The van der Waals surface area contributed by atoms with Crippen LogP contribution in [-0.4, -0.2) is 47.1 Å². The van der Waals surface area contributed by atoms with Crippen LogP contribution in [0.2, 0.25) is 0 Å². The van der Waals surface area contributed by atoms with Gasteiger partial charge in [0.05, 0.1) is 0 Å². The van der Waals surface area contributed by atoms with E-state index < -0.39 is 5.60 Å². The third-order valence-corrected chi connectivity index (χ3v) is 3.72. The molecule has 126 valence electrons. The number of carbonyl (C=O) groups excluding carboxylic acids is 2. The summed E-state index contributed by atoms with van der Waals surface area (Å²) in [6.07, 6.45) is 2.98. The van der Waals surface area contributed by atoms with Crippen LogP contribution in [0, 0.1) is 5.92 Å². The van der Waals surface area contributed by atoms with Crippen molar-refractivity contribution >= 4 is 12.0 Å². The maximum atomic E-state index is 12.3. The van der Waals surface area contributed by atoms with Crippen LogP contribution in [-0.2, 0) is 4.74 Å². The van der Waals surface area contributed by atoms with Gasteiger partial charge in [-0.25, -0.2) is 4.79 Å². The Bertz CT molecular complexity index is 532. The van der Waals surface area contributed by atoms with Crippen molar-refractivity contribution in [1.82, 2.24) is 15.2 Å². The second-order valence-corrected chi connectivity index (χ2v) is 6.83. The van der Waals surface area contributed by atoms with Crippen molar-refractivity contribution in [3.05, 3.63) is 30.1 Å². The van der Waals surface area contributed by atoms with Gasteiger partial charge in [-0.05, 0) is 51.7 Å². The summed E-state index contributed by atoms with van der Waals surface area (Å²) >= 11 is 0. The van der Waals surface area contributed by atoms with Gasteiger partial charge in [0.1, 0.15) is 11.3 Å². The predicted molar refractivity (Wildman–Crippen MR) is 87.1 cm³/mol. The van der Waals surface area contributed by atoms with E-state index in [1.807, 2.05) is 31.7 Å². The fraction of sp³-hybridized carbons (Fsp3) is 0.588. The van der Waals surface area contributed by atoms with Gasteiger partial charge >= 0.3 is 6.09 Å². The quantitative estimate of drug-likeness (QED) is 0.929. The summed E-state index contributed by atoms with van der Waals surface area (Å²) in [5.74, 6) is 0.347. The number of aromatic nitrogens is 1. The Balaban J connectivity index is 1.74. The Labute approximate surface area is 137 Å². The van der Waals surface area contributed by atoms with Gasteiger partial charge in [0.2, 0.25) is 0 Å². The topological polar surface area (TPSA) is 71.5 Å². The summed E-state index contributed by atoms with van der Waals surface area (Å²) in [6, 6.07) is 5.35. The van der Waals surface area contributed by atoms with Gasteiger partial charge < -0.3 is 15.0 Å². The lowest BCUT2D eigenvalue weighted by Crippen LogP contribution is -2.42. The Morgan fingerprint density at radius 1 is 1.30 bits per heavy atom. The molecule has 23 heavy (non-hydrogen) atoms. The van der Waals surface area contributed by atoms with Crippen LogP contribution in [0.4, 0.5) is 4.79 Å². The van der Waals surface area contributed by atoms with Crippen molar-refractivity contribution in [2.45, 2.75) is 39.2 Å². The average molecular weight is 319 g/mol. The number of nitrogens with zero attached hydrogens (tertiary/aromatic N) is 2. The molecule has 2 rings (SSSR count). The molecule has 1 aromatic heterocycles. The highest BCUT2D eigenvalue weighted by Gasteiger charge is 2.25. The number of amides is 2. The maximum Gasteiger partial charge on any atom is 0.407 e. The van der Waals surface area contributed by atoms with E-state index in [0.717, 1.165) is 12.8 Å². The molecule has 2 heterocycles. The van der Waals surface area contributed by atoms with Gasteiger partial charge in [-0.1, -0.05) is 6.07 Å². The molecule has 1 aliphatic rings. The first-order chi connectivity index (χ1) is 10.8. The molecular weight excluding hydrogens is 294 g/mol. The molecule has 0 spiro atoms. The Morgan fingerprint density at radius 2 is 2.00 bits per heavy atom. The van der Waals surface area contributed by atoms with E-state index in [1.165, 1.54) is 0 Å². The molecule has 2 amide bonds. The van der Waals surface area contributed by atoms with Crippen molar-refractivity contribution in [1.29, 1.82) is 0 Å². The van der Waals surface area contributed by atoms with Gasteiger partial charge in [-0.3, -0.25) is 9.78 Å². The summed E-state index contributed by atoms with van der Waals surface area (Å²) in [5, 5.41) is 2.81. The number of ether oxygens (including phenoxy) is 1. The highest BCUT2D eigenvalue weighted by atomic mass is 16.6. The number of piperidine rings is 1. The number of alkyl carbamates (subject to hydrolysis) is 1. The number of pyridine rings is 1. The Kier molecular flexibility index (Phi) is 5.58. The largest absolute Gasteiger partial charge is 0.444 e. The molecule has 1 N–H and O–H groups in total. The van der Waals surface area contributed by atoms with E-state index in [9.17, 15) is 9.59 Å². The van der Waals surface area contributed by atoms with Crippen molar-refractivity contribution in [2.24, 2.45) is 5.92 Å². The second-order valence-electron chi connectivity index (χ2n) is 6.83. The number of carbonyl (C=O) groups is 2. The lowest BCUT2D eigenvalue weighted by molar-refractivity contribution is 0.0499. The molecule has 1 fully saturated rings. The van der Waals surface area contributed by atoms with Crippen molar-refractivity contribution in [3.8, 4) is 0 Å². The smallest absolute Gasteiger partial charge is 0.407 e. The monoisotopic (exact) mass is 319 g/mol. The van der Waals surface area contributed by atoms with Crippen molar-refractivity contribution in [2.75, 3.05) is 19.6 Å². The number of hydrogen-bond acceptors (Lipinski definition) is 4.